The van der Waals surface area contributed by atoms with Gasteiger partial charge in [0, 0.05) is 0 Å². The first-order valence-corrected chi connectivity index (χ1v) is 6.75. The third kappa shape index (κ3) is 8.69. The molecule has 0 saturated carbocycles. The van der Waals surface area contributed by atoms with Gasteiger partial charge in [0.05, 0.1) is 6.61 Å². The van der Waals surface area contributed by atoms with Crippen molar-refractivity contribution >= 4 is 11.9 Å². The molecule has 0 heterocycles. The molecule has 0 rings (SSSR count). The average Bonchev–Trinajstić information content (AvgIpc) is 2.41. The van der Waals surface area contributed by atoms with Crippen molar-refractivity contribution in [2.24, 2.45) is 0 Å². The molecule has 2 atom stereocenters. The smallest absolute Gasteiger partial charge is 0.345 e. The molecule has 0 aromatic heterocycles. The summed E-state index contributed by atoms with van der Waals surface area (Å²) >= 11 is 0. The summed E-state index contributed by atoms with van der Waals surface area (Å²) in [6.07, 6.45) is 3.24. The monoisotopic (exact) mass is 276 g/mol. The Hall–Kier alpha value is -0.980. The molecule has 2 unspecified atom stereocenters. The Kier molecular flexibility index (Phi) is 10.3. The Morgan fingerprint density at radius 1 is 0.947 bits per heavy atom. The molecule has 0 amide bonds. The van der Waals surface area contributed by atoms with Crippen LogP contribution in [-0.2, 0) is 14.3 Å². The number of rotatable bonds is 10. The van der Waals surface area contributed by atoms with E-state index < -0.39 is 30.8 Å². The topological polar surface area (TPSA) is 104 Å². The van der Waals surface area contributed by atoms with Gasteiger partial charge in [-0.15, -0.1) is 0 Å². The number of aliphatic hydroxyl groups excluding tert-OH is 3. The van der Waals surface area contributed by atoms with Crippen molar-refractivity contribution in [1.82, 2.24) is 0 Å². The first-order chi connectivity index (χ1) is 9.02. The summed E-state index contributed by atoms with van der Waals surface area (Å²) in [4.78, 5) is 22.2. The predicted octanol–water partition coefficient (Wildman–Crippen LogP) is 0.521. The molecule has 0 aromatic rings. The maximum atomic E-state index is 11.3. The van der Waals surface area contributed by atoms with E-state index in [0.717, 1.165) is 25.7 Å². The second kappa shape index (κ2) is 10.9. The van der Waals surface area contributed by atoms with E-state index in [1.165, 1.54) is 6.42 Å². The first-order valence-electron chi connectivity index (χ1n) is 6.75. The summed E-state index contributed by atoms with van der Waals surface area (Å²) in [5.41, 5.74) is 0. The fraction of sp³-hybridized carbons (Fsp3) is 0.846. The number of carbonyl (C=O) groups excluding carboxylic acids is 2. The molecular formula is C13H24O6. The van der Waals surface area contributed by atoms with E-state index in [9.17, 15) is 14.7 Å². The zero-order valence-corrected chi connectivity index (χ0v) is 11.4. The highest BCUT2D eigenvalue weighted by atomic mass is 16.6. The van der Waals surface area contributed by atoms with Crippen LogP contribution in [0.2, 0.25) is 0 Å². The highest BCUT2D eigenvalue weighted by molar-refractivity contribution is 5.89. The van der Waals surface area contributed by atoms with Crippen LogP contribution in [0.4, 0.5) is 0 Å². The Morgan fingerprint density at radius 3 is 2.05 bits per heavy atom. The van der Waals surface area contributed by atoms with Crippen molar-refractivity contribution in [3.63, 3.8) is 0 Å². The number of ether oxygens (including phenoxy) is 1. The summed E-state index contributed by atoms with van der Waals surface area (Å²) in [5, 5.41) is 26.8. The van der Waals surface area contributed by atoms with Crippen molar-refractivity contribution in [3.8, 4) is 0 Å². The van der Waals surface area contributed by atoms with Crippen molar-refractivity contribution < 1.29 is 29.6 Å². The van der Waals surface area contributed by atoms with Crippen LogP contribution in [0.15, 0.2) is 0 Å². The van der Waals surface area contributed by atoms with Crippen LogP contribution in [-0.4, -0.2) is 46.1 Å². The van der Waals surface area contributed by atoms with E-state index in [2.05, 4.69) is 11.7 Å². The Morgan fingerprint density at radius 2 is 1.47 bits per heavy atom. The summed E-state index contributed by atoms with van der Waals surface area (Å²) in [6.45, 7) is 1.30. The zero-order valence-electron chi connectivity index (χ0n) is 11.4. The van der Waals surface area contributed by atoms with Crippen molar-refractivity contribution in [2.75, 3.05) is 6.61 Å². The highest BCUT2D eigenvalue weighted by Gasteiger charge is 2.23. The van der Waals surface area contributed by atoms with Crippen LogP contribution in [0.3, 0.4) is 0 Å². The molecule has 0 aliphatic carbocycles. The average molecular weight is 276 g/mol. The van der Waals surface area contributed by atoms with Gasteiger partial charge < -0.3 is 20.1 Å². The Balaban J connectivity index is 3.73. The molecule has 3 N–H and O–H groups in total. The van der Waals surface area contributed by atoms with E-state index in [1.54, 1.807) is 0 Å². The van der Waals surface area contributed by atoms with Gasteiger partial charge in [-0.3, -0.25) is 0 Å². The van der Waals surface area contributed by atoms with Crippen LogP contribution in [0, 0.1) is 0 Å². The molecule has 0 aliphatic rings. The highest BCUT2D eigenvalue weighted by Crippen LogP contribution is 2.09. The van der Waals surface area contributed by atoms with Crippen LogP contribution < -0.4 is 0 Å². The molecule has 0 aliphatic heterocycles. The van der Waals surface area contributed by atoms with E-state index in [4.69, 9.17) is 10.2 Å². The number of carbonyl (C=O) groups is 2. The van der Waals surface area contributed by atoms with E-state index >= 15 is 0 Å². The van der Waals surface area contributed by atoms with Gasteiger partial charge in [-0.25, -0.2) is 9.59 Å². The van der Waals surface area contributed by atoms with Crippen LogP contribution in [0.1, 0.15) is 51.9 Å². The summed E-state index contributed by atoms with van der Waals surface area (Å²) in [6, 6.07) is 0. The summed E-state index contributed by atoms with van der Waals surface area (Å²) in [5.74, 6) is -2.32. The minimum Gasteiger partial charge on any atom is -0.393 e. The normalized spacial score (nSPS) is 13.9. The van der Waals surface area contributed by atoms with Gasteiger partial charge in [-0.1, -0.05) is 45.4 Å². The van der Waals surface area contributed by atoms with Gasteiger partial charge in [0.2, 0.25) is 0 Å². The minimum absolute atomic E-state index is 0.230. The molecule has 112 valence electrons. The molecule has 0 fully saturated rings. The number of esters is 2. The molecular weight excluding hydrogens is 252 g/mol. The molecule has 19 heavy (non-hydrogen) atoms. The molecule has 0 radical (unpaired) electrons. The fourth-order valence-corrected chi connectivity index (χ4v) is 1.55. The Labute approximate surface area is 113 Å². The lowest BCUT2D eigenvalue weighted by Gasteiger charge is -2.11. The largest absolute Gasteiger partial charge is 0.393 e. The van der Waals surface area contributed by atoms with Gasteiger partial charge in [0.25, 0.3) is 0 Å². The standard InChI is InChI=1S/C13H24O6/c1-2-3-4-5-6-7-8-10(15)12(17)19-13(18)11(16)9-14/h10-11,14-16H,2-9H2,1H3. The van der Waals surface area contributed by atoms with Gasteiger partial charge in [0.1, 0.15) is 0 Å². The minimum atomic E-state index is -1.75. The third-order valence-electron chi connectivity index (χ3n) is 2.75. The van der Waals surface area contributed by atoms with Crippen molar-refractivity contribution in [2.45, 2.75) is 64.1 Å². The fourth-order valence-electron chi connectivity index (χ4n) is 1.55. The SMILES string of the molecule is CCCCCCCCC(O)C(=O)OC(=O)C(O)CO. The number of hydrogen-bond donors (Lipinski definition) is 3. The lowest BCUT2D eigenvalue weighted by molar-refractivity contribution is -0.172. The molecule has 0 spiro atoms. The zero-order chi connectivity index (χ0) is 14.7. The Bertz CT molecular complexity index is 266. The first kappa shape index (κ1) is 18.0. The summed E-state index contributed by atoms with van der Waals surface area (Å²) in [7, 11) is 0. The van der Waals surface area contributed by atoms with Crippen LogP contribution in [0.5, 0.6) is 0 Å². The maximum absolute atomic E-state index is 11.3. The molecule has 0 saturated heterocycles. The second-order valence-electron chi connectivity index (χ2n) is 4.51. The van der Waals surface area contributed by atoms with Gasteiger partial charge in [-0.05, 0) is 6.42 Å². The van der Waals surface area contributed by atoms with Crippen molar-refractivity contribution in [3.05, 3.63) is 0 Å². The lowest BCUT2D eigenvalue weighted by atomic mass is 10.1. The lowest BCUT2D eigenvalue weighted by Crippen LogP contribution is -2.33. The van der Waals surface area contributed by atoms with Gasteiger partial charge in [0.15, 0.2) is 12.2 Å². The van der Waals surface area contributed by atoms with E-state index in [1.807, 2.05) is 0 Å². The molecule has 0 bridgehead atoms. The predicted molar refractivity (Wildman–Crippen MR) is 68.2 cm³/mol. The number of aliphatic hydroxyl groups is 3. The van der Waals surface area contributed by atoms with E-state index in [0.29, 0.717) is 6.42 Å². The van der Waals surface area contributed by atoms with E-state index in [-0.39, 0.29) is 6.42 Å². The number of unbranched alkanes of at least 4 members (excludes halogenated alkanes) is 5. The maximum Gasteiger partial charge on any atom is 0.345 e. The van der Waals surface area contributed by atoms with Crippen molar-refractivity contribution in [1.29, 1.82) is 0 Å². The van der Waals surface area contributed by atoms with Crippen LogP contribution >= 0.6 is 0 Å². The molecule has 0 aromatic carbocycles. The third-order valence-corrected chi connectivity index (χ3v) is 2.75. The summed E-state index contributed by atoms with van der Waals surface area (Å²) < 4.78 is 4.22. The molecule has 6 heteroatoms. The van der Waals surface area contributed by atoms with Gasteiger partial charge >= 0.3 is 11.9 Å². The van der Waals surface area contributed by atoms with Crippen LogP contribution in [0.25, 0.3) is 0 Å². The number of hydrogen-bond acceptors (Lipinski definition) is 6. The van der Waals surface area contributed by atoms with Gasteiger partial charge in [-0.2, -0.15) is 0 Å². The second-order valence-corrected chi connectivity index (χ2v) is 4.51. The molecule has 6 nitrogen and oxygen atoms in total. The quantitative estimate of drug-likeness (QED) is 0.305.